The molecule has 1 unspecified atom stereocenters. The summed E-state index contributed by atoms with van der Waals surface area (Å²) in [4.78, 5) is 29.6. The smallest absolute Gasteiger partial charge is 0.351 e. The van der Waals surface area contributed by atoms with Crippen molar-refractivity contribution in [1.82, 2.24) is 9.78 Å². The maximum absolute atomic E-state index is 13.4. The number of carbonyl (C=O) groups is 2. The van der Waals surface area contributed by atoms with Gasteiger partial charge in [0.05, 0.1) is 18.5 Å². The van der Waals surface area contributed by atoms with E-state index in [2.05, 4.69) is 15.6 Å². The Balaban J connectivity index is 1.28. The standard InChI is InChI=1S/C22H18ClFN4O4/c23-17-7-2-1-4-15(17)12-28-20(8-9-25-28)26-21(29)13-31-22(30)19-11-18(27-32-19)14-5-3-6-16(24)10-14/h1-10,19H,11-13H2,(H,26,29). The molecule has 0 spiro atoms. The molecule has 0 radical (unpaired) electrons. The number of esters is 1. The molecule has 0 saturated carbocycles. The lowest BCUT2D eigenvalue weighted by molar-refractivity contribution is -0.157. The van der Waals surface area contributed by atoms with Crippen LogP contribution in [0.3, 0.4) is 0 Å². The SMILES string of the molecule is O=C(COC(=O)C1CC(c2cccc(F)c2)=NO1)Nc1ccnn1Cc1ccccc1Cl. The Bertz CT molecular complexity index is 1180. The first-order chi connectivity index (χ1) is 15.5. The summed E-state index contributed by atoms with van der Waals surface area (Å²) in [6, 6.07) is 14.8. The van der Waals surface area contributed by atoms with Crippen LogP contribution in [0.1, 0.15) is 17.5 Å². The Morgan fingerprint density at radius 2 is 2.06 bits per heavy atom. The highest BCUT2D eigenvalue weighted by Gasteiger charge is 2.31. The average Bonchev–Trinajstić information content (AvgIpc) is 3.44. The van der Waals surface area contributed by atoms with Gasteiger partial charge in [0.1, 0.15) is 11.6 Å². The number of anilines is 1. The van der Waals surface area contributed by atoms with Crippen molar-refractivity contribution < 1.29 is 23.6 Å². The highest BCUT2D eigenvalue weighted by molar-refractivity contribution is 6.31. The van der Waals surface area contributed by atoms with Gasteiger partial charge in [-0.05, 0) is 23.8 Å². The maximum Gasteiger partial charge on any atom is 0.351 e. The second-order valence-electron chi connectivity index (χ2n) is 6.97. The molecule has 1 amide bonds. The van der Waals surface area contributed by atoms with Gasteiger partial charge < -0.3 is 14.9 Å². The van der Waals surface area contributed by atoms with Crippen molar-refractivity contribution in [1.29, 1.82) is 0 Å². The fraction of sp³-hybridized carbons (Fsp3) is 0.182. The van der Waals surface area contributed by atoms with Gasteiger partial charge in [-0.1, -0.05) is 47.1 Å². The van der Waals surface area contributed by atoms with E-state index in [9.17, 15) is 14.0 Å². The Morgan fingerprint density at radius 3 is 2.88 bits per heavy atom. The van der Waals surface area contributed by atoms with Crippen LogP contribution in [-0.2, 0) is 25.7 Å². The van der Waals surface area contributed by atoms with Crippen LogP contribution in [0.4, 0.5) is 10.2 Å². The summed E-state index contributed by atoms with van der Waals surface area (Å²) in [7, 11) is 0. The molecular weight excluding hydrogens is 439 g/mol. The number of oxime groups is 1. The van der Waals surface area contributed by atoms with E-state index in [1.54, 1.807) is 28.9 Å². The van der Waals surface area contributed by atoms with Crippen LogP contribution in [0.25, 0.3) is 0 Å². The summed E-state index contributed by atoms with van der Waals surface area (Å²) in [5.74, 6) is -1.26. The van der Waals surface area contributed by atoms with E-state index in [1.165, 1.54) is 18.3 Å². The van der Waals surface area contributed by atoms with Crippen LogP contribution < -0.4 is 5.32 Å². The second-order valence-corrected chi connectivity index (χ2v) is 7.38. The van der Waals surface area contributed by atoms with Crippen LogP contribution in [0, 0.1) is 5.82 Å². The molecule has 1 aliphatic rings. The molecule has 0 fully saturated rings. The number of ether oxygens (including phenoxy) is 1. The van der Waals surface area contributed by atoms with Gasteiger partial charge in [-0.15, -0.1) is 0 Å². The number of amides is 1. The van der Waals surface area contributed by atoms with Crippen molar-refractivity contribution in [2.75, 3.05) is 11.9 Å². The fourth-order valence-electron chi connectivity index (χ4n) is 3.10. The third-order valence-electron chi connectivity index (χ3n) is 4.70. The van der Waals surface area contributed by atoms with E-state index in [-0.39, 0.29) is 6.42 Å². The molecule has 2 aromatic carbocycles. The summed E-state index contributed by atoms with van der Waals surface area (Å²) in [5.41, 5.74) is 1.79. The minimum atomic E-state index is -0.994. The minimum absolute atomic E-state index is 0.120. The van der Waals surface area contributed by atoms with Crippen LogP contribution in [0.2, 0.25) is 5.02 Å². The molecule has 164 valence electrons. The topological polar surface area (TPSA) is 94.8 Å². The van der Waals surface area contributed by atoms with Crippen LogP contribution in [-0.4, -0.2) is 40.1 Å². The van der Waals surface area contributed by atoms with Gasteiger partial charge in [-0.3, -0.25) is 4.79 Å². The summed E-state index contributed by atoms with van der Waals surface area (Å²) in [6.07, 6.45) is 0.664. The summed E-state index contributed by atoms with van der Waals surface area (Å²) >= 11 is 6.18. The van der Waals surface area contributed by atoms with Crippen molar-refractivity contribution in [3.63, 3.8) is 0 Å². The summed E-state index contributed by atoms with van der Waals surface area (Å²) in [5, 5.41) is 11.2. The highest BCUT2D eigenvalue weighted by atomic mass is 35.5. The van der Waals surface area contributed by atoms with Gasteiger partial charge >= 0.3 is 5.97 Å². The molecule has 1 N–H and O–H groups in total. The third-order valence-corrected chi connectivity index (χ3v) is 5.07. The van der Waals surface area contributed by atoms with Crippen LogP contribution in [0.5, 0.6) is 0 Å². The lowest BCUT2D eigenvalue weighted by Crippen LogP contribution is -2.28. The van der Waals surface area contributed by atoms with Crippen molar-refractivity contribution in [2.24, 2.45) is 5.16 Å². The Labute approximate surface area is 187 Å². The predicted octanol–water partition coefficient (Wildman–Crippen LogP) is 3.40. The first kappa shape index (κ1) is 21.5. The number of carbonyl (C=O) groups excluding carboxylic acids is 2. The number of nitrogens with one attached hydrogen (secondary N) is 1. The Hall–Kier alpha value is -3.72. The number of benzene rings is 2. The normalized spacial score (nSPS) is 15.1. The molecule has 1 aliphatic heterocycles. The molecule has 0 saturated heterocycles. The molecule has 1 aromatic heterocycles. The zero-order valence-corrected chi connectivity index (χ0v) is 17.5. The van der Waals surface area contributed by atoms with Crippen molar-refractivity contribution in [3.05, 3.63) is 82.8 Å². The van der Waals surface area contributed by atoms with E-state index >= 15 is 0 Å². The first-order valence-electron chi connectivity index (χ1n) is 9.70. The highest BCUT2D eigenvalue weighted by Crippen LogP contribution is 2.19. The molecule has 8 nitrogen and oxygen atoms in total. The quantitative estimate of drug-likeness (QED) is 0.550. The van der Waals surface area contributed by atoms with E-state index in [0.29, 0.717) is 28.7 Å². The largest absolute Gasteiger partial charge is 0.453 e. The average molecular weight is 457 g/mol. The van der Waals surface area contributed by atoms with Gasteiger partial charge in [-0.2, -0.15) is 5.10 Å². The Morgan fingerprint density at radius 1 is 1.22 bits per heavy atom. The maximum atomic E-state index is 13.4. The zero-order chi connectivity index (χ0) is 22.5. The zero-order valence-electron chi connectivity index (χ0n) is 16.7. The van der Waals surface area contributed by atoms with Gasteiger partial charge in [0.25, 0.3) is 5.91 Å². The second kappa shape index (κ2) is 9.61. The number of hydrogen-bond donors (Lipinski definition) is 1. The van der Waals surface area contributed by atoms with E-state index in [1.807, 2.05) is 18.2 Å². The van der Waals surface area contributed by atoms with Gasteiger partial charge in [0.15, 0.2) is 6.61 Å². The lowest BCUT2D eigenvalue weighted by Gasteiger charge is -2.11. The molecule has 1 atom stereocenters. The number of rotatable bonds is 7. The monoisotopic (exact) mass is 456 g/mol. The fourth-order valence-corrected chi connectivity index (χ4v) is 3.30. The van der Waals surface area contributed by atoms with Gasteiger partial charge in [0, 0.05) is 23.1 Å². The molecule has 0 bridgehead atoms. The van der Waals surface area contributed by atoms with E-state index < -0.39 is 30.4 Å². The number of hydrogen-bond acceptors (Lipinski definition) is 6. The minimum Gasteiger partial charge on any atom is -0.453 e. The van der Waals surface area contributed by atoms with Gasteiger partial charge in [0.2, 0.25) is 6.10 Å². The molecule has 0 aliphatic carbocycles. The molecule has 10 heteroatoms. The van der Waals surface area contributed by atoms with Crippen molar-refractivity contribution >= 4 is 35.0 Å². The van der Waals surface area contributed by atoms with Crippen molar-refractivity contribution in [3.8, 4) is 0 Å². The molecule has 4 rings (SSSR count). The van der Waals surface area contributed by atoms with E-state index in [0.717, 1.165) is 5.56 Å². The van der Waals surface area contributed by atoms with Gasteiger partial charge in [-0.25, -0.2) is 13.9 Å². The van der Waals surface area contributed by atoms with Crippen molar-refractivity contribution in [2.45, 2.75) is 19.1 Å². The first-order valence-corrected chi connectivity index (χ1v) is 10.1. The summed E-state index contributed by atoms with van der Waals surface area (Å²) in [6.45, 7) is -0.149. The summed E-state index contributed by atoms with van der Waals surface area (Å²) < 4.78 is 20.0. The molecule has 3 aromatic rings. The van der Waals surface area contributed by atoms with Crippen LogP contribution in [0.15, 0.2) is 65.9 Å². The van der Waals surface area contributed by atoms with Crippen LogP contribution >= 0.6 is 11.6 Å². The predicted molar refractivity (Wildman–Crippen MR) is 115 cm³/mol. The third kappa shape index (κ3) is 5.12. The number of nitrogens with zero attached hydrogens (tertiary/aromatic N) is 3. The Kier molecular flexibility index (Phi) is 6.46. The lowest BCUT2D eigenvalue weighted by atomic mass is 10.1. The molecule has 32 heavy (non-hydrogen) atoms. The molecular formula is C22H18ClFN4O4. The number of halogens is 2. The molecule has 2 heterocycles. The number of aromatic nitrogens is 2. The van der Waals surface area contributed by atoms with E-state index in [4.69, 9.17) is 21.2 Å².